The summed E-state index contributed by atoms with van der Waals surface area (Å²) < 4.78 is 40.9. The summed E-state index contributed by atoms with van der Waals surface area (Å²) in [6.07, 6.45) is -1.07. The van der Waals surface area contributed by atoms with Gasteiger partial charge in [0, 0.05) is 12.3 Å². The number of rotatable bonds is 7. The number of carbonyl (C=O) groups is 1. The topological polar surface area (TPSA) is 161 Å². The van der Waals surface area contributed by atoms with Crippen molar-refractivity contribution >= 4 is 13.8 Å². The molecule has 13 heteroatoms. The molecule has 0 amide bonds. The minimum Gasteiger partial charge on any atom is -0.466 e. The van der Waals surface area contributed by atoms with Gasteiger partial charge in [-0.2, -0.15) is 0 Å². The Balaban J connectivity index is 1.67. The third-order valence-corrected chi connectivity index (χ3v) is 6.47. The highest BCUT2D eigenvalue weighted by Crippen LogP contribution is 2.58. The standard InChI is InChI=1S/C17H26N3O9P/c1-4-25-14(22)10(2)6-8-26-30(24)27-9-11-13(29-30)17(3,18)15(28-11)20-7-5-12(21)19-16(20)23/h5,7,10-11,13,15H,4,6,8-9,18H2,1-3H3,(H,19,21,23)/t10?,11-,13-,15-,17-,30-/m1/s1. The number of fused-ring (bicyclic) bond motifs is 1. The highest BCUT2D eigenvalue weighted by atomic mass is 31.2. The maximum atomic E-state index is 12.9. The lowest BCUT2D eigenvalue weighted by Gasteiger charge is -2.35. The van der Waals surface area contributed by atoms with Crippen molar-refractivity contribution in [1.82, 2.24) is 9.55 Å². The van der Waals surface area contributed by atoms with E-state index in [1.54, 1.807) is 20.8 Å². The fourth-order valence-electron chi connectivity index (χ4n) is 3.36. The Morgan fingerprint density at radius 1 is 1.50 bits per heavy atom. The van der Waals surface area contributed by atoms with Crippen LogP contribution in [-0.4, -0.2) is 53.1 Å². The van der Waals surface area contributed by atoms with Gasteiger partial charge in [0.2, 0.25) is 0 Å². The Bertz CT molecular complexity index is 943. The molecule has 2 aliphatic rings. The number of phosphoric ester groups is 1. The van der Waals surface area contributed by atoms with Gasteiger partial charge in [0.1, 0.15) is 12.2 Å². The molecule has 0 radical (unpaired) electrons. The van der Waals surface area contributed by atoms with Crippen LogP contribution >= 0.6 is 7.82 Å². The van der Waals surface area contributed by atoms with Gasteiger partial charge in [0.25, 0.3) is 5.56 Å². The van der Waals surface area contributed by atoms with Crippen molar-refractivity contribution in [2.24, 2.45) is 11.7 Å². The summed E-state index contributed by atoms with van der Waals surface area (Å²) in [7, 11) is -3.96. The molecule has 6 atom stereocenters. The molecule has 0 aliphatic carbocycles. The van der Waals surface area contributed by atoms with Gasteiger partial charge in [-0.3, -0.25) is 32.7 Å². The Morgan fingerprint density at radius 3 is 2.90 bits per heavy atom. The number of nitrogens with one attached hydrogen (secondary N) is 1. The molecule has 30 heavy (non-hydrogen) atoms. The minimum atomic E-state index is -3.96. The fourth-order valence-corrected chi connectivity index (χ4v) is 4.85. The number of hydrogen-bond acceptors (Lipinski definition) is 10. The molecular formula is C17H26N3O9P. The SMILES string of the molecule is CCOC(=O)C(C)CCO[P@]1(=O)OC[C@H]2O[C@@H](n3ccc(=O)[nH]c3=O)[C@](C)(N)[C@@H]2O1. The first kappa shape index (κ1) is 22.9. The largest absolute Gasteiger partial charge is 0.475 e. The number of esters is 1. The molecule has 3 heterocycles. The second-order valence-electron chi connectivity index (χ2n) is 7.45. The van der Waals surface area contributed by atoms with Crippen molar-refractivity contribution in [3.63, 3.8) is 0 Å². The molecule has 0 bridgehead atoms. The molecule has 1 aromatic rings. The Hall–Kier alpha value is -1.82. The Kier molecular flexibility index (Phi) is 6.66. The first-order valence-electron chi connectivity index (χ1n) is 9.57. The number of H-pyrrole nitrogens is 1. The molecule has 12 nitrogen and oxygen atoms in total. The van der Waals surface area contributed by atoms with E-state index in [1.807, 2.05) is 0 Å². The van der Waals surface area contributed by atoms with Gasteiger partial charge in [0.15, 0.2) is 6.23 Å². The first-order chi connectivity index (χ1) is 14.1. The van der Waals surface area contributed by atoms with Crippen molar-refractivity contribution in [3.05, 3.63) is 33.1 Å². The van der Waals surface area contributed by atoms with Crippen LogP contribution < -0.4 is 17.0 Å². The summed E-state index contributed by atoms with van der Waals surface area (Å²) in [5, 5.41) is 0. The molecule has 2 aliphatic heterocycles. The minimum absolute atomic E-state index is 0.0560. The summed E-state index contributed by atoms with van der Waals surface area (Å²) in [6.45, 7) is 5.05. The predicted octanol–water partition coefficient (Wildman–Crippen LogP) is 0.281. The van der Waals surface area contributed by atoms with E-state index in [9.17, 15) is 18.9 Å². The van der Waals surface area contributed by atoms with Crippen LogP contribution in [0.15, 0.2) is 21.9 Å². The van der Waals surface area contributed by atoms with Crippen LogP contribution in [0.4, 0.5) is 0 Å². The van der Waals surface area contributed by atoms with Crippen LogP contribution in [0.5, 0.6) is 0 Å². The first-order valence-corrected chi connectivity index (χ1v) is 11.0. The number of phosphoric acid groups is 1. The third kappa shape index (κ3) is 4.58. The van der Waals surface area contributed by atoms with Crippen molar-refractivity contribution in [2.45, 2.75) is 51.2 Å². The van der Waals surface area contributed by atoms with Gasteiger partial charge in [-0.25, -0.2) is 9.36 Å². The van der Waals surface area contributed by atoms with Gasteiger partial charge < -0.3 is 15.2 Å². The molecule has 0 spiro atoms. The summed E-state index contributed by atoms with van der Waals surface area (Å²) in [5.74, 6) is -0.821. The molecular weight excluding hydrogens is 421 g/mol. The van der Waals surface area contributed by atoms with Crippen molar-refractivity contribution in [2.75, 3.05) is 19.8 Å². The normalized spacial score (nSPS) is 34.3. The summed E-state index contributed by atoms with van der Waals surface area (Å²) in [6, 6.07) is 1.17. The molecule has 2 fully saturated rings. The van der Waals surface area contributed by atoms with Crippen LogP contribution in [0, 0.1) is 5.92 Å². The number of nitrogens with zero attached hydrogens (tertiary/aromatic N) is 1. The highest BCUT2D eigenvalue weighted by Gasteiger charge is 2.59. The van der Waals surface area contributed by atoms with Crippen LogP contribution in [0.3, 0.4) is 0 Å². The van der Waals surface area contributed by atoms with E-state index in [4.69, 9.17) is 28.8 Å². The van der Waals surface area contributed by atoms with Crippen molar-refractivity contribution < 1.29 is 32.4 Å². The van der Waals surface area contributed by atoms with Crippen LogP contribution in [0.2, 0.25) is 0 Å². The fraction of sp³-hybridized carbons (Fsp3) is 0.706. The quantitative estimate of drug-likeness (QED) is 0.439. The smallest absolute Gasteiger partial charge is 0.466 e. The van der Waals surface area contributed by atoms with E-state index in [-0.39, 0.29) is 32.2 Å². The number of aromatic nitrogens is 2. The van der Waals surface area contributed by atoms with Gasteiger partial charge in [0.05, 0.1) is 31.3 Å². The summed E-state index contributed by atoms with van der Waals surface area (Å²) in [5.41, 5.74) is 3.85. The Morgan fingerprint density at radius 2 is 2.23 bits per heavy atom. The molecule has 3 rings (SSSR count). The second kappa shape index (κ2) is 8.74. The zero-order valence-electron chi connectivity index (χ0n) is 16.9. The van der Waals surface area contributed by atoms with E-state index in [0.717, 1.165) is 4.57 Å². The number of hydrogen-bond donors (Lipinski definition) is 2. The highest BCUT2D eigenvalue weighted by molar-refractivity contribution is 7.48. The van der Waals surface area contributed by atoms with Crippen LogP contribution in [0.25, 0.3) is 0 Å². The summed E-state index contributed by atoms with van der Waals surface area (Å²) >= 11 is 0. The van der Waals surface area contributed by atoms with Crippen LogP contribution in [-0.2, 0) is 32.4 Å². The monoisotopic (exact) mass is 447 g/mol. The number of carbonyl (C=O) groups excluding carboxylic acids is 1. The molecule has 168 valence electrons. The third-order valence-electron chi connectivity index (χ3n) is 5.02. The lowest BCUT2D eigenvalue weighted by atomic mass is 9.93. The average molecular weight is 447 g/mol. The van der Waals surface area contributed by atoms with Crippen molar-refractivity contribution in [3.8, 4) is 0 Å². The maximum Gasteiger partial charge on any atom is 0.475 e. The van der Waals surface area contributed by atoms with Gasteiger partial charge in [-0.15, -0.1) is 0 Å². The zero-order valence-corrected chi connectivity index (χ0v) is 17.8. The predicted molar refractivity (Wildman–Crippen MR) is 103 cm³/mol. The molecule has 1 unspecified atom stereocenters. The second-order valence-corrected chi connectivity index (χ2v) is 9.08. The number of aromatic amines is 1. The molecule has 2 saturated heterocycles. The van der Waals surface area contributed by atoms with E-state index in [2.05, 4.69) is 4.98 Å². The van der Waals surface area contributed by atoms with Gasteiger partial charge in [-0.05, 0) is 20.3 Å². The van der Waals surface area contributed by atoms with Gasteiger partial charge >= 0.3 is 19.5 Å². The zero-order chi connectivity index (χ0) is 22.1. The average Bonchev–Trinajstić information content (AvgIpc) is 2.92. The maximum absolute atomic E-state index is 12.9. The summed E-state index contributed by atoms with van der Waals surface area (Å²) in [4.78, 5) is 37.3. The lowest BCUT2D eigenvalue weighted by molar-refractivity contribution is -0.147. The van der Waals surface area contributed by atoms with Crippen LogP contribution in [0.1, 0.15) is 33.4 Å². The molecule has 0 aromatic carbocycles. The van der Waals surface area contributed by atoms with E-state index < -0.39 is 49.0 Å². The number of ether oxygens (including phenoxy) is 2. The Labute approximate surface area is 172 Å². The van der Waals surface area contributed by atoms with Crippen molar-refractivity contribution in [1.29, 1.82) is 0 Å². The van der Waals surface area contributed by atoms with E-state index >= 15 is 0 Å². The van der Waals surface area contributed by atoms with E-state index in [0.29, 0.717) is 0 Å². The lowest BCUT2D eigenvalue weighted by Crippen LogP contribution is -2.55. The molecule has 0 saturated carbocycles. The molecule has 1 aromatic heterocycles. The van der Waals surface area contributed by atoms with E-state index in [1.165, 1.54) is 12.3 Å². The molecule has 3 N–H and O–H groups in total. The number of nitrogens with two attached hydrogens (primary N) is 1. The van der Waals surface area contributed by atoms with Gasteiger partial charge in [-0.1, -0.05) is 6.92 Å².